The fourth-order valence-electron chi connectivity index (χ4n) is 2.47. The molecule has 0 saturated heterocycles. The summed E-state index contributed by atoms with van der Waals surface area (Å²) in [4.78, 5) is 9.71. The standard InChI is InChI=1S/C17H17N7OS.HI/c1-18-17(20-10-15-23-22-14-6-2-3-7-24(14)15)19-9-12-11-25-16(21-12)13-5-4-8-26-13;/h2-8,11H,9-10H2,1H3,(H2,18,19,20);1H. The Bertz CT molecular complexity index is 1020. The third-order valence-electron chi connectivity index (χ3n) is 3.74. The van der Waals surface area contributed by atoms with Gasteiger partial charge in [-0.15, -0.1) is 45.5 Å². The van der Waals surface area contributed by atoms with Gasteiger partial charge in [-0.05, 0) is 23.6 Å². The minimum atomic E-state index is 0. The molecule has 0 saturated carbocycles. The van der Waals surface area contributed by atoms with Crippen LogP contribution in [0.4, 0.5) is 0 Å². The molecule has 0 amide bonds. The molecule has 4 aromatic heterocycles. The molecule has 4 rings (SSSR count). The number of aliphatic imine (C=N–C) groups is 1. The second-order valence-electron chi connectivity index (χ2n) is 5.45. The molecule has 0 spiro atoms. The summed E-state index contributed by atoms with van der Waals surface area (Å²) in [7, 11) is 1.72. The molecule has 2 N–H and O–H groups in total. The Morgan fingerprint density at radius 2 is 2.07 bits per heavy atom. The summed E-state index contributed by atoms with van der Waals surface area (Å²) in [6, 6.07) is 9.76. The van der Waals surface area contributed by atoms with Gasteiger partial charge in [0.1, 0.15) is 6.26 Å². The van der Waals surface area contributed by atoms with Crippen molar-refractivity contribution >= 4 is 46.9 Å². The summed E-state index contributed by atoms with van der Waals surface area (Å²) in [5, 5.41) is 16.8. The SMILES string of the molecule is CN=C(NCc1coc(-c2cccs2)n1)NCc1nnc2ccccn12.I. The van der Waals surface area contributed by atoms with Crippen molar-refractivity contribution in [2.24, 2.45) is 4.99 Å². The van der Waals surface area contributed by atoms with Gasteiger partial charge in [0.2, 0.25) is 5.89 Å². The lowest BCUT2D eigenvalue weighted by atomic mass is 10.4. The Labute approximate surface area is 176 Å². The number of guanidine groups is 1. The summed E-state index contributed by atoms with van der Waals surface area (Å²) >= 11 is 1.60. The van der Waals surface area contributed by atoms with Gasteiger partial charge in [0.25, 0.3) is 0 Å². The van der Waals surface area contributed by atoms with Crippen molar-refractivity contribution in [3.8, 4) is 10.8 Å². The first kappa shape index (κ1) is 19.3. The zero-order valence-electron chi connectivity index (χ0n) is 14.5. The number of hydrogen-bond acceptors (Lipinski definition) is 6. The third-order valence-corrected chi connectivity index (χ3v) is 4.60. The molecule has 0 radical (unpaired) electrons. The van der Waals surface area contributed by atoms with Crippen molar-refractivity contribution in [3.63, 3.8) is 0 Å². The molecule has 4 aromatic rings. The average Bonchev–Trinajstić information content (AvgIpc) is 3.42. The molecule has 0 aliphatic heterocycles. The number of rotatable bonds is 5. The highest BCUT2D eigenvalue weighted by atomic mass is 127. The topological polar surface area (TPSA) is 92.6 Å². The molecule has 140 valence electrons. The van der Waals surface area contributed by atoms with E-state index in [1.54, 1.807) is 24.6 Å². The van der Waals surface area contributed by atoms with Crippen molar-refractivity contribution < 1.29 is 4.42 Å². The second-order valence-corrected chi connectivity index (χ2v) is 6.39. The van der Waals surface area contributed by atoms with Gasteiger partial charge in [-0.1, -0.05) is 12.1 Å². The highest BCUT2D eigenvalue weighted by molar-refractivity contribution is 14.0. The van der Waals surface area contributed by atoms with E-state index in [1.165, 1.54) is 0 Å². The van der Waals surface area contributed by atoms with Gasteiger partial charge in [-0.3, -0.25) is 9.39 Å². The molecule has 0 aliphatic rings. The maximum atomic E-state index is 5.52. The van der Waals surface area contributed by atoms with Gasteiger partial charge in [0.05, 0.1) is 23.7 Å². The van der Waals surface area contributed by atoms with E-state index in [0.29, 0.717) is 24.9 Å². The molecule has 27 heavy (non-hydrogen) atoms. The van der Waals surface area contributed by atoms with Gasteiger partial charge < -0.3 is 15.1 Å². The first-order chi connectivity index (χ1) is 12.8. The van der Waals surface area contributed by atoms with Crippen LogP contribution < -0.4 is 10.6 Å². The summed E-state index contributed by atoms with van der Waals surface area (Å²) in [6.45, 7) is 1.01. The highest BCUT2D eigenvalue weighted by Gasteiger charge is 2.09. The number of halogens is 1. The summed E-state index contributed by atoms with van der Waals surface area (Å²) in [6.07, 6.45) is 3.59. The van der Waals surface area contributed by atoms with Gasteiger partial charge in [-0.25, -0.2) is 4.98 Å². The Morgan fingerprint density at radius 1 is 1.19 bits per heavy atom. The Kier molecular flexibility index (Phi) is 6.40. The summed E-state index contributed by atoms with van der Waals surface area (Å²) in [5.74, 6) is 2.10. The lowest BCUT2D eigenvalue weighted by Gasteiger charge is -2.09. The van der Waals surface area contributed by atoms with E-state index >= 15 is 0 Å². The smallest absolute Gasteiger partial charge is 0.236 e. The zero-order valence-corrected chi connectivity index (χ0v) is 17.6. The summed E-state index contributed by atoms with van der Waals surface area (Å²) in [5.41, 5.74) is 1.63. The molecule has 10 heteroatoms. The zero-order chi connectivity index (χ0) is 17.8. The van der Waals surface area contributed by atoms with E-state index in [0.717, 1.165) is 22.0 Å². The normalized spacial score (nSPS) is 11.4. The molecule has 0 bridgehead atoms. The molecule has 0 aromatic carbocycles. The lowest BCUT2D eigenvalue weighted by molar-refractivity contribution is 0.573. The first-order valence-electron chi connectivity index (χ1n) is 8.05. The van der Waals surface area contributed by atoms with Crippen LogP contribution in [0.2, 0.25) is 0 Å². The Morgan fingerprint density at radius 3 is 2.89 bits per heavy atom. The number of oxazole rings is 1. The van der Waals surface area contributed by atoms with E-state index in [2.05, 4.69) is 30.8 Å². The maximum absolute atomic E-state index is 5.52. The van der Waals surface area contributed by atoms with Crippen molar-refractivity contribution in [2.45, 2.75) is 13.1 Å². The fourth-order valence-corrected chi connectivity index (χ4v) is 3.13. The van der Waals surface area contributed by atoms with Crippen LogP contribution in [0.15, 0.2) is 57.6 Å². The number of nitrogens with zero attached hydrogens (tertiary/aromatic N) is 5. The number of fused-ring (bicyclic) bond motifs is 1. The average molecular weight is 495 g/mol. The molecule has 0 aliphatic carbocycles. The molecular weight excluding hydrogens is 477 g/mol. The Balaban J connectivity index is 0.00000210. The number of nitrogens with one attached hydrogen (secondary N) is 2. The lowest BCUT2D eigenvalue weighted by Crippen LogP contribution is -2.36. The molecule has 0 unspecified atom stereocenters. The van der Waals surface area contributed by atoms with Crippen molar-refractivity contribution in [1.29, 1.82) is 0 Å². The minimum absolute atomic E-state index is 0. The van der Waals surface area contributed by atoms with E-state index < -0.39 is 0 Å². The van der Waals surface area contributed by atoms with Gasteiger partial charge in [0.15, 0.2) is 17.4 Å². The number of thiophene rings is 1. The van der Waals surface area contributed by atoms with Crippen LogP contribution in [0, 0.1) is 0 Å². The number of hydrogen-bond donors (Lipinski definition) is 2. The third kappa shape index (κ3) is 4.45. The molecular formula is C17H18IN7OS. The maximum Gasteiger partial charge on any atom is 0.236 e. The van der Waals surface area contributed by atoms with Crippen LogP contribution in [-0.2, 0) is 13.1 Å². The van der Waals surface area contributed by atoms with Crippen molar-refractivity contribution in [2.75, 3.05) is 7.05 Å². The van der Waals surface area contributed by atoms with E-state index in [9.17, 15) is 0 Å². The van der Waals surface area contributed by atoms with Crippen LogP contribution in [0.3, 0.4) is 0 Å². The Hall–Kier alpha value is -2.47. The summed E-state index contributed by atoms with van der Waals surface area (Å²) < 4.78 is 7.46. The predicted octanol–water partition coefficient (Wildman–Crippen LogP) is 2.93. The largest absolute Gasteiger partial charge is 0.443 e. The molecule has 0 atom stereocenters. The predicted molar refractivity (Wildman–Crippen MR) is 115 cm³/mol. The highest BCUT2D eigenvalue weighted by Crippen LogP contribution is 2.23. The van der Waals surface area contributed by atoms with Gasteiger partial charge in [-0.2, -0.15) is 0 Å². The molecule has 0 fully saturated rings. The van der Waals surface area contributed by atoms with E-state index in [4.69, 9.17) is 4.42 Å². The number of aromatic nitrogens is 4. The van der Waals surface area contributed by atoms with Gasteiger partial charge in [0, 0.05) is 13.2 Å². The monoisotopic (exact) mass is 495 g/mol. The quantitative estimate of drug-likeness (QED) is 0.251. The van der Waals surface area contributed by atoms with Crippen LogP contribution in [0.25, 0.3) is 16.4 Å². The van der Waals surface area contributed by atoms with Crippen molar-refractivity contribution in [3.05, 3.63) is 59.7 Å². The van der Waals surface area contributed by atoms with Crippen LogP contribution in [0.1, 0.15) is 11.5 Å². The van der Waals surface area contributed by atoms with Crippen LogP contribution in [-0.4, -0.2) is 32.6 Å². The van der Waals surface area contributed by atoms with Gasteiger partial charge >= 0.3 is 0 Å². The van der Waals surface area contributed by atoms with Crippen LogP contribution in [0.5, 0.6) is 0 Å². The minimum Gasteiger partial charge on any atom is -0.443 e. The second kappa shape index (κ2) is 8.95. The molecule has 4 heterocycles. The van der Waals surface area contributed by atoms with Crippen molar-refractivity contribution in [1.82, 2.24) is 30.2 Å². The molecule has 8 nitrogen and oxygen atoms in total. The first-order valence-corrected chi connectivity index (χ1v) is 8.93. The van der Waals surface area contributed by atoms with Crippen LogP contribution >= 0.6 is 35.3 Å². The fraction of sp³-hybridized carbons (Fsp3) is 0.176. The van der Waals surface area contributed by atoms with E-state index in [-0.39, 0.29) is 24.0 Å². The number of pyridine rings is 1. The van der Waals surface area contributed by atoms with E-state index in [1.807, 2.05) is 46.3 Å².